The maximum absolute atomic E-state index is 12.2. The molecule has 0 fully saturated rings. The van der Waals surface area contributed by atoms with E-state index in [0.717, 1.165) is 0 Å². The largest absolute Gasteiger partial charge is 0.322 e. The molecule has 0 heterocycles. The van der Waals surface area contributed by atoms with Crippen molar-refractivity contribution in [3.8, 4) is 0 Å². The van der Waals surface area contributed by atoms with Crippen molar-refractivity contribution in [1.29, 1.82) is 0 Å². The highest BCUT2D eigenvalue weighted by molar-refractivity contribution is 6.31. The van der Waals surface area contributed by atoms with Crippen molar-refractivity contribution in [2.75, 3.05) is 10.6 Å². The van der Waals surface area contributed by atoms with E-state index in [0.29, 0.717) is 32.5 Å². The van der Waals surface area contributed by atoms with E-state index in [1.54, 1.807) is 72.8 Å². The molecule has 0 atom stereocenters. The van der Waals surface area contributed by atoms with Crippen LogP contribution in [0.5, 0.6) is 0 Å². The summed E-state index contributed by atoms with van der Waals surface area (Å²) in [6, 6.07) is 20.0. The van der Waals surface area contributed by atoms with Gasteiger partial charge in [-0.25, -0.2) is 0 Å². The number of halogens is 2. The van der Waals surface area contributed by atoms with Crippen LogP contribution in [0.1, 0.15) is 20.7 Å². The second-order valence-electron chi connectivity index (χ2n) is 5.50. The Hall–Kier alpha value is -2.82. The van der Waals surface area contributed by atoms with Crippen LogP contribution in [0, 0.1) is 0 Å². The van der Waals surface area contributed by atoms with E-state index in [9.17, 15) is 9.59 Å². The number of rotatable bonds is 4. The summed E-state index contributed by atoms with van der Waals surface area (Å²) in [4.78, 5) is 24.5. The van der Waals surface area contributed by atoms with E-state index in [1.807, 2.05) is 0 Å². The molecule has 3 rings (SSSR count). The molecule has 6 heteroatoms. The van der Waals surface area contributed by atoms with Crippen molar-refractivity contribution >= 4 is 46.4 Å². The summed E-state index contributed by atoms with van der Waals surface area (Å²) in [5.74, 6) is -0.533. The fourth-order valence-electron chi connectivity index (χ4n) is 2.25. The SMILES string of the molecule is O=C(Nc1ccc(Cl)cc1)c1ccc(C(=O)Nc2ccc(Cl)cc2)cc1. The minimum absolute atomic E-state index is 0.267. The first kappa shape index (κ1) is 18.0. The van der Waals surface area contributed by atoms with Crippen LogP contribution in [0.2, 0.25) is 10.0 Å². The summed E-state index contributed by atoms with van der Waals surface area (Å²) in [5, 5.41) is 6.73. The third-order valence-corrected chi connectivity index (χ3v) is 4.12. The van der Waals surface area contributed by atoms with Crippen LogP contribution in [-0.2, 0) is 0 Å². The number of anilines is 2. The molecular weight excluding hydrogens is 371 g/mol. The number of amides is 2. The maximum atomic E-state index is 12.2. The molecule has 3 aromatic carbocycles. The van der Waals surface area contributed by atoms with Gasteiger partial charge < -0.3 is 10.6 Å². The van der Waals surface area contributed by atoms with Gasteiger partial charge in [-0.05, 0) is 72.8 Å². The first-order valence-corrected chi connectivity index (χ1v) is 8.51. The maximum Gasteiger partial charge on any atom is 0.255 e. The lowest BCUT2D eigenvalue weighted by molar-refractivity contribution is 0.101. The fourth-order valence-corrected chi connectivity index (χ4v) is 2.50. The number of hydrogen-bond acceptors (Lipinski definition) is 2. The quantitative estimate of drug-likeness (QED) is 0.623. The van der Waals surface area contributed by atoms with Crippen LogP contribution in [0.15, 0.2) is 72.8 Å². The monoisotopic (exact) mass is 384 g/mol. The van der Waals surface area contributed by atoms with Gasteiger partial charge in [0.25, 0.3) is 11.8 Å². The Morgan fingerprint density at radius 3 is 1.15 bits per heavy atom. The highest BCUT2D eigenvalue weighted by atomic mass is 35.5. The Bertz CT molecular complexity index is 843. The van der Waals surface area contributed by atoms with Crippen LogP contribution in [0.25, 0.3) is 0 Å². The zero-order chi connectivity index (χ0) is 18.5. The fraction of sp³-hybridized carbons (Fsp3) is 0. The van der Waals surface area contributed by atoms with E-state index in [2.05, 4.69) is 10.6 Å². The summed E-state index contributed by atoms with van der Waals surface area (Å²) in [6.45, 7) is 0. The molecular formula is C20H14Cl2N2O2. The van der Waals surface area contributed by atoms with Gasteiger partial charge in [0.2, 0.25) is 0 Å². The minimum Gasteiger partial charge on any atom is -0.322 e. The lowest BCUT2D eigenvalue weighted by Crippen LogP contribution is -2.14. The normalized spacial score (nSPS) is 10.2. The standard InChI is InChI=1S/C20H14Cl2N2O2/c21-15-5-9-17(10-6-15)23-19(25)13-1-2-14(4-3-13)20(26)24-18-11-7-16(22)8-12-18/h1-12H,(H,23,25)(H,24,26). The molecule has 0 aliphatic heterocycles. The van der Waals surface area contributed by atoms with Gasteiger partial charge in [0.05, 0.1) is 0 Å². The molecule has 2 amide bonds. The smallest absolute Gasteiger partial charge is 0.255 e. The first-order chi connectivity index (χ1) is 12.5. The number of nitrogens with one attached hydrogen (secondary N) is 2. The zero-order valence-corrected chi connectivity index (χ0v) is 15.0. The number of carbonyl (C=O) groups excluding carboxylic acids is 2. The predicted octanol–water partition coefficient (Wildman–Crippen LogP) is 5.50. The molecule has 0 saturated carbocycles. The Labute approximate surface area is 160 Å². The molecule has 0 saturated heterocycles. The van der Waals surface area contributed by atoms with Crippen molar-refractivity contribution < 1.29 is 9.59 Å². The average Bonchev–Trinajstić information content (AvgIpc) is 2.65. The summed E-state index contributed by atoms with van der Waals surface area (Å²) >= 11 is 11.6. The molecule has 4 nitrogen and oxygen atoms in total. The van der Waals surface area contributed by atoms with Crippen LogP contribution in [-0.4, -0.2) is 11.8 Å². The van der Waals surface area contributed by atoms with Crippen molar-refractivity contribution in [1.82, 2.24) is 0 Å². The topological polar surface area (TPSA) is 58.2 Å². The van der Waals surface area contributed by atoms with Gasteiger partial charge in [0.1, 0.15) is 0 Å². The van der Waals surface area contributed by atoms with Gasteiger partial charge in [-0.1, -0.05) is 23.2 Å². The van der Waals surface area contributed by atoms with Crippen LogP contribution >= 0.6 is 23.2 Å². The Kier molecular flexibility index (Phi) is 5.56. The lowest BCUT2D eigenvalue weighted by Gasteiger charge is -2.07. The molecule has 0 spiro atoms. The second-order valence-corrected chi connectivity index (χ2v) is 6.37. The van der Waals surface area contributed by atoms with E-state index in [4.69, 9.17) is 23.2 Å². The van der Waals surface area contributed by atoms with E-state index < -0.39 is 0 Å². The van der Waals surface area contributed by atoms with E-state index in [-0.39, 0.29) is 11.8 Å². The van der Waals surface area contributed by atoms with Crippen molar-refractivity contribution in [3.63, 3.8) is 0 Å². The number of hydrogen-bond donors (Lipinski definition) is 2. The van der Waals surface area contributed by atoms with Crippen molar-refractivity contribution in [2.24, 2.45) is 0 Å². The summed E-state index contributed by atoms with van der Waals surface area (Å²) < 4.78 is 0. The molecule has 0 aromatic heterocycles. The van der Waals surface area contributed by atoms with Gasteiger partial charge in [-0.15, -0.1) is 0 Å². The van der Waals surface area contributed by atoms with Crippen LogP contribution in [0.3, 0.4) is 0 Å². The molecule has 0 bridgehead atoms. The molecule has 130 valence electrons. The van der Waals surface area contributed by atoms with Gasteiger partial charge in [0.15, 0.2) is 0 Å². The molecule has 0 aliphatic carbocycles. The minimum atomic E-state index is -0.267. The van der Waals surface area contributed by atoms with Gasteiger partial charge in [-0.3, -0.25) is 9.59 Å². The molecule has 26 heavy (non-hydrogen) atoms. The number of carbonyl (C=O) groups is 2. The highest BCUT2D eigenvalue weighted by Gasteiger charge is 2.10. The summed E-state index contributed by atoms with van der Waals surface area (Å²) in [7, 11) is 0. The summed E-state index contributed by atoms with van der Waals surface area (Å²) in [6.07, 6.45) is 0. The van der Waals surface area contributed by atoms with E-state index >= 15 is 0 Å². The molecule has 2 N–H and O–H groups in total. The van der Waals surface area contributed by atoms with Gasteiger partial charge >= 0.3 is 0 Å². The molecule has 0 unspecified atom stereocenters. The van der Waals surface area contributed by atoms with Crippen molar-refractivity contribution in [2.45, 2.75) is 0 Å². The second kappa shape index (κ2) is 8.04. The average molecular weight is 385 g/mol. The van der Waals surface area contributed by atoms with E-state index in [1.165, 1.54) is 0 Å². The Balaban J connectivity index is 1.65. The Morgan fingerprint density at radius 1 is 0.538 bits per heavy atom. The highest BCUT2D eigenvalue weighted by Crippen LogP contribution is 2.16. The third-order valence-electron chi connectivity index (χ3n) is 3.61. The molecule has 0 radical (unpaired) electrons. The zero-order valence-electron chi connectivity index (χ0n) is 13.5. The van der Waals surface area contributed by atoms with Crippen LogP contribution < -0.4 is 10.6 Å². The Morgan fingerprint density at radius 2 is 0.846 bits per heavy atom. The predicted molar refractivity (Wildman–Crippen MR) is 105 cm³/mol. The van der Waals surface area contributed by atoms with Gasteiger partial charge in [-0.2, -0.15) is 0 Å². The molecule has 3 aromatic rings. The third kappa shape index (κ3) is 4.63. The lowest BCUT2D eigenvalue weighted by atomic mass is 10.1. The first-order valence-electron chi connectivity index (χ1n) is 7.75. The van der Waals surface area contributed by atoms with Gasteiger partial charge in [0, 0.05) is 32.5 Å². The summed E-state index contributed by atoms with van der Waals surface area (Å²) in [5.41, 5.74) is 2.18. The molecule has 0 aliphatic rings. The number of benzene rings is 3. The van der Waals surface area contributed by atoms with Crippen LogP contribution in [0.4, 0.5) is 11.4 Å². The van der Waals surface area contributed by atoms with Crippen molar-refractivity contribution in [3.05, 3.63) is 94.0 Å².